The van der Waals surface area contributed by atoms with E-state index in [1.807, 2.05) is 0 Å². The Labute approximate surface area is 193 Å². The van der Waals surface area contributed by atoms with Crippen LogP contribution in [-0.2, 0) is 13.0 Å². The first-order valence-electron chi connectivity index (χ1n) is 13.4. The number of aromatic nitrogens is 1. The lowest BCUT2D eigenvalue weighted by Gasteiger charge is -2.37. The van der Waals surface area contributed by atoms with Crippen LogP contribution in [0.5, 0.6) is 0 Å². The average Bonchev–Trinajstić information content (AvgIpc) is 3.13. The van der Waals surface area contributed by atoms with Crippen molar-refractivity contribution in [1.29, 1.82) is 0 Å². The van der Waals surface area contributed by atoms with E-state index < -0.39 is 0 Å². The van der Waals surface area contributed by atoms with Gasteiger partial charge in [-0.1, -0.05) is 25.3 Å². The minimum Gasteiger partial charge on any atom is -0.382 e. The minimum atomic E-state index is -0.207. The topological polar surface area (TPSA) is 50.6 Å². The monoisotopic (exact) mass is 441 g/mol. The zero-order valence-electron chi connectivity index (χ0n) is 20.3. The number of nitrogens with two attached hydrogens (primary N) is 1. The van der Waals surface area contributed by atoms with Crippen LogP contribution >= 0.6 is 0 Å². The van der Waals surface area contributed by atoms with Gasteiger partial charge in [0, 0.05) is 17.3 Å². The predicted molar refractivity (Wildman–Crippen MR) is 129 cm³/mol. The van der Waals surface area contributed by atoms with Crippen molar-refractivity contribution in [2.45, 2.75) is 76.0 Å². The SMILES string of the molecule is C[NH+](C)CC[NH2+]C[C@@H](O)C[NH+]1CCn2c3c(c4cc(C5CCCCC5)ccc42)CCC[C@@H]31. The van der Waals surface area contributed by atoms with Gasteiger partial charge in [-0.2, -0.15) is 0 Å². The third-order valence-corrected chi connectivity index (χ3v) is 8.50. The van der Waals surface area contributed by atoms with Crippen LogP contribution in [-0.4, -0.2) is 62.6 Å². The highest BCUT2D eigenvalue weighted by molar-refractivity contribution is 5.87. The van der Waals surface area contributed by atoms with Crippen molar-refractivity contribution in [3.63, 3.8) is 0 Å². The molecule has 5 rings (SSSR count). The molecule has 3 aliphatic rings. The highest BCUT2D eigenvalue weighted by Gasteiger charge is 2.38. The van der Waals surface area contributed by atoms with Crippen LogP contribution in [0.15, 0.2) is 18.2 Å². The van der Waals surface area contributed by atoms with Crippen molar-refractivity contribution < 1.29 is 20.2 Å². The Kier molecular flexibility index (Phi) is 6.89. The van der Waals surface area contributed by atoms with Gasteiger partial charge >= 0.3 is 0 Å². The molecular weight excluding hydrogens is 396 g/mol. The summed E-state index contributed by atoms with van der Waals surface area (Å²) in [5.74, 6) is 0.777. The molecule has 0 bridgehead atoms. The number of nitrogens with zero attached hydrogens (tertiary/aromatic N) is 1. The number of aryl methyl sites for hydroxylation is 1. The lowest BCUT2D eigenvalue weighted by Crippen LogP contribution is -3.15. The van der Waals surface area contributed by atoms with Crippen molar-refractivity contribution in [3.8, 4) is 0 Å². The second-order valence-electron chi connectivity index (χ2n) is 11.1. The molecular formula is C27H45N4O+3. The van der Waals surface area contributed by atoms with Gasteiger partial charge in [-0.15, -0.1) is 0 Å². The fourth-order valence-electron chi connectivity index (χ4n) is 6.83. The van der Waals surface area contributed by atoms with E-state index in [2.05, 4.69) is 42.2 Å². The third kappa shape index (κ3) is 4.50. The highest BCUT2D eigenvalue weighted by atomic mass is 16.3. The predicted octanol–water partition coefficient (Wildman–Crippen LogP) is 0.0337. The maximum Gasteiger partial charge on any atom is 0.151 e. The van der Waals surface area contributed by atoms with Crippen LogP contribution in [0.4, 0.5) is 0 Å². The molecule has 2 aromatic rings. The second kappa shape index (κ2) is 9.84. The van der Waals surface area contributed by atoms with E-state index in [-0.39, 0.29) is 6.10 Å². The molecule has 1 saturated carbocycles. The van der Waals surface area contributed by atoms with E-state index in [0.29, 0.717) is 6.04 Å². The van der Waals surface area contributed by atoms with Gasteiger partial charge in [0.05, 0.1) is 32.9 Å². The Morgan fingerprint density at radius 3 is 2.81 bits per heavy atom. The number of hydrogen-bond acceptors (Lipinski definition) is 1. The summed E-state index contributed by atoms with van der Waals surface area (Å²) in [5.41, 5.74) is 6.32. The number of nitrogens with one attached hydrogen (secondary N) is 2. The normalized spacial score (nSPS) is 24.8. The number of quaternary nitrogens is 3. The lowest BCUT2D eigenvalue weighted by molar-refractivity contribution is -0.941. The first kappa shape index (κ1) is 22.4. The highest BCUT2D eigenvalue weighted by Crippen LogP contribution is 2.40. The first-order valence-corrected chi connectivity index (χ1v) is 13.4. The summed E-state index contributed by atoms with van der Waals surface area (Å²) in [6.07, 6.45) is 10.6. The Morgan fingerprint density at radius 2 is 2.00 bits per heavy atom. The van der Waals surface area contributed by atoms with E-state index in [9.17, 15) is 5.11 Å². The maximum atomic E-state index is 10.8. The largest absolute Gasteiger partial charge is 0.382 e. The number of benzene rings is 1. The van der Waals surface area contributed by atoms with Crippen LogP contribution in [0.2, 0.25) is 0 Å². The van der Waals surface area contributed by atoms with Gasteiger partial charge in [-0.25, -0.2) is 0 Å². The van der Waals surface area contributed by atoms with Gasteiger partial charge in [0.1, 0.15) is 32.2 Å². The minimum absolute atomic E-state index is 0.207. The molecule has 0 saturated heterocycles. The smallest absolute Gasteiger partial charge is 0.151 e. The third-order valence-electron chi connectivity index (χ3n) is 8.50. The molecule has 176 valence electrons. The quantitative estimate of drug-likeness (QED) is 0.430. The molecule has 0 amide bonds. The van der Waals surface area contributed by atoms with Gasteiger partial charge in [0.2, 0.25) is 0 Å². The summed E-state index contributed by atoms with van der Waals surface area (Å²) in [4.78, 5) is 3.10. The zero-order valence-corrected chi connectivity index (χ0v) is 20.3. The van der Waals surface area contributed by atoms with Crippen molar-refractivity contribution in [1.82, 2.24) is 4.57 Å². The molecule has 5 nitrogen and oxygen atoms in total. The second-order valence-corrected chi connectivity index (χ2v) is 11.1. The summed E-state index contributed by atoms with van der Waals surface area (Å²) < 4.78 is 2.65. The van der Waals surface area contributed by atoms with E-state index in [1.165, 1.54) is 61.8 Å². The Balaban J connectivity index is 1.34. The van der Waals surface area contributed by atoms with Crippen molar-refractivity contribution in [3.05, 3.63) is 35.0 Å². The Bertz CT molecular complexity index is 914. The molecule has 32 heavy (non-hydrogen) atoms. The summed E-state index contributed by atoms with van der Waals surface area (Å²) in [5, 5.41) is 14.6. The molecule has 1 aliphatic heterocycles. The number of hydrogen-bond donors (Lipinski definition) is 4. The summed E-state index contributed by atoms with van der Waals surface area (Å²) >= 11 is 0. The van der Waals surface area contributed by atoms with Crippen molar-refractivity contribution in [2.24, 2.45) is 0 Å². The van der Waals surface area contributed by atoms with Gasteiger partial charge in [-0.05, 0) is 54.9 Å². The van der Waals surface area contributed by atoms with Crippen LogP contribution in [0, 0.1) is 0 Å². The molecule has 1 unspecified atom stereocenters. The van der Waals surface area contributed by atoms with Crippen LogP contribution in [0.25, 0.3) is 10.9 Å². The molecule has 1 aromatic carbocycles. The number of likely N-dealkylation sites (N-methyl/N-ethyl adjacent to an activating group) is 1. The molecule has 2 aliphatic carbocycles. The number of fused-ring (bicyclic) bond motifs is 3. The van der Waals surface area contributed by atoms with Crippen molar-refractivity contribution >= 4 is 10.9 Å². The van der Waals surface area contributed by atoms with E-state index in [1.54, 1.807) is 27.1 Å². The van der Waals surface area contributed by atoms with Crippen LogP contribution < -0.4 is 15.1 Å². The Morgan fingerprint density at radius 1 is 1.16 bits per heavy atom. The zero-order chi connectivity index (χ0) is 22.1. The summed E-state index contributed by atoms with van der Waals surface area (Å²) in [6, 6.07) is 8.02. The van der Waals surface area contributed by atoms with Gasteiger partial charge < -0.3 is 24.8 Å². The molecule has 0 spiro atoms. The maximum absolute atomic E-state index is 10.8. The standard InChI is InChI=1S/C27H42N4O/c1-29(2)14-13-28-18-22(32)19-30-15-16-31-25-12-11-21(20-7-4-3-5-8-20)17-24(25)23-9-6-10-26(30)27(23)31/h11-12,17,20,22,26,28,32H,3-10,13-16,18-19H2,1-2H3/p+3/t22-,26+/m1/s1. The van der Waals surface area contributed by atoms with E-state index >= 15 is 0 Å². The van der Waals surface area contributed by atoms with Crippen LogP contribution in [0.1, 0.15) is 73.7 Å². The number of rotatable bonds is 8. The first-order chi connectivity index (χ1) is 15.6. The molecule has 0 radical (unpaired) electrons. The van der Waals surface area contributed by atoms with E-state index in [0.717, 1.165) is 45.2 Å². The molecule has 5 heteroatoms. The Hall–Kier alpha value is -1.40. The molecule has 2 heterocycles. The molecule has 5 N–H and O–H groups in total. The summed E-state index contributed by atoms with van der Waals surface area (Å²) in [7, 11) is 4.39. The number of aliphatic hydroxyl groups is 1. The fourth-order valence-corrected chi connectivity index (χ4v) is 6.83. The fraction of sp³-hybridized carbons (Fsp3) is 0.704. The van der Waals surface area contributed by atoms with Gasteiger partial charge in [-0.3, -0.25) is 0 Å². The molecule has 3 atom stereocenters. The van der Waals surface area contributed by atoms with Gasteiger partial charge in [0.25, 0.3) is 0 Å². The van der Waals surface area contributed by atoms with Crippen LogP contribution in [0.3, 0.4) is 0 Å². The average molecular weight is 442 g/mol. The number of aliphatic hydroxyl groups excluding tert-OH is 1. The van der Waals surface area contributed by atoms with E-state index in [4.69, 9.17) is 0 Å². The molecule has 1 fully saturated rings. The lowest BCUT2D eigenvalue weighted by atomic mass is 9.83. The van der Waals surface area contributed by atoms with Crippen molar-refractivity contribution in [2.75, 3.05) is 46.8 Å². The summed E-state index contributed by atoms with van der Waals surface area (Å²) in [6.45, 7) is 6.22. The van der Waals surface area contributed by atoms with Gasteiger partial charge in [0.15, 0.2) is 6.10 Å². The molecule has 1 aromatic heterocycles.